The first-order valence-electron chi connectivity index (χ1n) is 10.4. The number of aliphatic hydroxyl groups excluding tert-OH is 1. The fourth-order valence-corrected chi connectivity index (χ4v) is 5.18. The number of ether oxygens (including phenoxy) is 1. The zero-order valence-electron chi connectivity index (χ0n) is 18.4. The van der Waals surface area contributed by atoms with Crippen LogP contribution in [0.2, 0.25) is 0 Å². The second-order valence-electron chi connectivity index (χ2n) is 7.46. The van der Waals surface area contributed by atoms with E-state index in [1.807, 2.05) is 18.2 Å². The molecule has 5 unspecified atom stereocenters. The average Bonchev–Trinajstić information content (AvgIpc) is 2.76. The molecule has 1 saturated heterocycles. The van der Waals surface area contributed by atoms with Crippen molar-refractivity contribution in [2.75, 3.05) is 12.9 Å². The lowest BCUT2D eigenvalue weighted by atomic mass is 9.91. The van der Waals surface area contributed by atoms with Crippen LogP contribution in [0.5, 0.6) is 0 Å². The van der Waals surface area contributed by atoms with Gasteiger partial charge in [-0.15, -0.1) is 0 Å². The number of nitrogens with zero attached hydrogens (tertiary/aromatic N) is 4. The lowest BCUT2D eigenvalue weighted by Gasteiger charge is -2.46. The summed E-state index contributed by atoms with van der Waals surface area (Å²) >= 11 is 0. The molecule has 32 heavy (non-hydrogen) atoms. The summed E-state index contributed by atoms with van der Waals surface area (Å²) in [4.78, 5) is 28.7. The Labute approximate surface area is 186 Å². The standard InChI is InChI=1S/C20H29N4O7P/c1-4-30-32(28,31-15(3)20(27)29-12-16-8-6-5-7-9-16)13-24-17(11-10-14(2)25)18(19(24)26)22-23-21/h5-9,14-15,17-18,25H,4,10-13H2,1-3H3. The summed E-state index contributed by atoms with van der Waals surface area (Å²) in [6.45, 7) is 4.67. The van der Waals surface area contributed by atoms with E-state index in [2.05, 4.69) is 10.0 Å². The van der Waals surface area contributed by atoms with Crippen LogP contribution >= 0.6 is 7.60 Å². The lowest BCUT2D eigenvalue weighted by Crippen LogP contribution is -2.63. The van der Waals surface area contributed by atoms with E-state index in [0.717, 1.165) is 5.56 Å². The van der Waals surface area contributed by atoms with E-state index in [4.69, 9.17) is 19.3 Å². The number of carbonyl (C=O) groups excluding carboxylic acids is 2. The molecule has 1 fully saturated rings. The minimum Gasteiger partial charge on any atom is -0.459 e. The molecule has 0 bridgehead atoms. The highest BCUT2D eigenvalue weighted by Gasteiger charge is 2.50. The maximum atomic E-state index is 13.3. The van der Waals surface area contributed by atoms with Gasteiger partial charge in [-0.05, 0) is 44.7 Å². The van der Waals surface area contributed by atoms with E-state index >= 15 is 0 Å². The van der Waals surface area contributed by atoms with Gasteiger partial charge in [0.1, 0.15) is 18.9 Å². The Hall–Kier alpha value is -2.42. The van der Waals surface area contributed by atoms with E-state index < -0.39 is 50.0 Å². The van der Waals surface area contributed by atoms with Crippen molar-refractivity contribution in [1.82, 2.24) is 4.90 Å². The lowest BCUT2D eigenvalue weighted by molar-refractivity contribution is -0.153. The Morgan fingerprint density at radius 3 is 2.62 bits per heavy atom. The van der Waals surface area contributed by atoms with Crippen molar-refractivity contribution in [2.24, 2.45) is 5.11 Å². The van der Waals surface area contributed by atoms with Gasteiger partial charge >= 0.3 is 13.6 Å². The quantitative estimate of drug-likeness (QED) is 0.116. The number of aliphatic hydroxyl groups is 1. The van der Waals surface area contributed by atoms with Gasteiger partial charge in [-0.3, -0.25) is 13.9 Å². The topological polar surface area (TPSA) is 151 Å². The summed E-state index contributed by atoms with van der Waals surface area (Å²) in [6.07, 6.45) is -1.52. The van der Waals surface area contributed by atoms with Crippen molar-refractivity contribution < 1.29 is 33.0 Å². The Balaban J connectivity index is 2.04. The molecule has 1 aliphatic rings. The van der Waals surface area contributed by atoms with Crippen molar-refractivity contribution >= 4 is 19.5 Å². The van der Waals surface area contributed by atoms with Crippen LogP contribution in [0.25, 0.3) is 10.4 Å². The van der Waals surface area contributed by atoms with Crippen LogP contribution in [0.4, 0.5) is 0 Å². The zero-order chi connectivity index (χ0) is 23.7. The van der Waals surface area contributed by atoms with Gasteiger partial charge in [-0.1, -0.05) is 35.4 Å². The van der Waals surface area contributed by atoms with Crippen LogP contribution in [0.15, 0.2) is 35.4 Å². The van der Waals surface area contributed by atoms with E-state index in [1.54, 1.807) is 26.0 Å². The monoisotopic (exact) mass is 468 g/mol. The Morgan fingerprint density at radius 1 is 1.34 bits per heavy atom. The van der Waals surface area contributed by atoms with Crippen molar-refractivity contribution in [1.29, 1.82) is 0 Å². The molecule has 0 aromatic heterocycles. The van der Waals surface area contributed by atoms with Crippen LogP contribution in [0, 0.1) is 0 Å². The number of rotatable bonds is 13. The predicted octanol–water partition coefficient (Wildman–Crippen LogP) is 3.37. The highest BCUT2D eigenvalue weighted by atomic mass is 31.2. The third-order valence-electron chi connectivity index (χ3n) is 4.88. The molecular formula is C20H29N4O7P. The Morgan fingerprint density at radius 2 is 2.03 bits per heavy atom. The van der Waals surface area contributed by atoms with Crippen molar-refractivity contribution in [2.45, 2.75) is 64.5 Å². The fraction of sp³-hybridized carbons (Fsp3) is 0.600. The highest BCUT2D eigenvalue weighted by Crippen LogP contribution is 2.52. The van der Waals surface area contributed by atoms with Gasteiger partial charge in [0.15, 0.2) is 6.10 Å². The van der Waals surface area contributed by atoms with Gasteiger partial charge in [0.05, 0.1) is 12.7 Å². The minimum absolute atomic E-state index is 0.0310. The number of hydrogen-bond donors (Lipinski definition) is 1. The fourth-order valence-electron chi connectivity index (χ4n) is 3.29. The van der Waals surface area contributed by atoms with Crippen LogP contribution < -0.4 is 0 Å². The summed E-state index contributed by atoms with van der Waals surface area (Å²) < 4.78 is 29.3. The summed E-state index contributed by atoms with van der Waals surface area (Å²) in [6, 6.07) is 7.57. The van der Waals surface area contributed by atoms with Crippen molar-refractivity contribution in [3.8, 4) is 0 Å². The largest absolute Gasteiger partial charge is 0.459 e. The van der Waals surface area contributed by atoms with Gasteiger partial charge in [0.2, 0.25) is 5.91 Å². The van der Waals surface area contributed by atoms with E-state index in [1.165, 1.54) is 11.8 Å². The smallest absolute Gasteiger partial charge is 0.350 e. The molecule has 5 atom stereocenters. The van der Waals surface area contributed by atoms with Gasteiger partial charge in [0, 0.05) is 11.0 Å². The number of β-lactam (4-membered cyclic amide) rings is 1. The molecular weight excluding hydrogens is 439 g/mol. The van der Waals surface area contributed by atoms with Crippen LogP contribution in [0.3, 0.4) is 0 Å². The van der Waals surface area contributed by atoms with Crippen molar-refractivity contribution in [3.63, 3.8) is 0 Å². The molecule has 1 amide bonds. The van der Waals surface area contributed by atoms with E-state index in [0.29, 0.717) is 12.8 Å². The number of benzene rings is 1. The van der Waals surface area contributed by atoms with Crippen LogP contribution in [-0.4, -0.2) is 59.1 Å². The first-order valence-corrected chi connectivity index (χ1v) is 12.1. The summed E-state index contributed by atoms with van der Waals surface area (Å²) in [7, 11) is -3.91. The first-order chi connectivity index (χ1) is 15.2. The summed E-state index contributed by atoms with van der Waals surface area (Å²) in [5, 5.41) is 13.1. The summed E-state index contributed by atoms with van der Waals surface area (Å²) in [5.74, 6) is -1.23. The van der Waals surface area contributed by atoms with Gasteiger partial charge in [0.25, 0.3) is 0 Å². The molecule has 2 rings (SSSR count). The molecule has 0 aliphatic carbocycles. The van der Waals surface area contributed by atoms with Crippen molar-refractivity contribution in [3.05, 3.63) is 46.3 Å². The molecule has 1 aliphatic heterocycles. The molecule has 11 nitrogen and oxygen atoms in total. The van der Waals surface area contributed by atoms with Crippen LogP contribution in [-0.2, 0) is 34.5 Å². The highest BCUT2D eigenvalue weighted by molar-refractivity contribution is 7.53. The Bertz CT molecular complexity index is 876. The molecule has 0 spiro atoms. The SMILES string of the molecule is CCOP(=O)(CN1C(=O)C(N=[N+]=[N-])C1CCC(C)O)OC(C)C(=O)OCc1ccccc1. The second kappa shape index (κ2) is 12.0. The number of hydrogen-bond acceptors (Lipinski definition) is 8. The summed E-state index contributed by atoms with van der Waals surface area (Å²) in [5.41, 5.74) is 9.50. The molecule has 1 aromatic rings. The number of likely N-dealkylation sites (tertiary alicyclic amines) is 1. The van der Waals surface area contributed by atoms with Gasteiger partial charge in [-0.2, -0.15) is 0 Å². The predicted molar refractivity (Wildman–Crippen MR) is 115 cm³/mol. The number of amides is 1. The maximum absolute atomic E-state index is 13.3. The molecule has 1 heterocycles. The first kappa shape index (κ1) is 25.8. The maximum Gasteiger partial charge on any atom is 0.350 e. The molecule has 176 valence electrons. The Kier molecular flexibility index (Phi) is 9.68. The molecule has 0 radical (unpaired) electrons. The molecule has 0 saturated carbocycles. The van der Waals surface area contributed by atoms with Gasteiger partial charge < -0.3 is 19.3 Å². The van der Waals surface area contributed by atoms with E-state index in [-0.39, 0.29) is 13.2 Å². The molecule has 1 aromatic carbocycles. The number of azide groups is 1. The molecule has 12 heteroatoms. The van der Waals surface area contributed by atoms with E-state index in [9.17, 15) is 19.3 Å². The molecule has 1 N–H and O–H groups in total. The third-order valence-corrected chi connectivity index (χ3v) is 6.82. The number of esters is 1. The minimum atomic E-state index is -3.91. The number of carbonyl (C=O) groups is 2. The van der Waals surface area contributed by atoms with Crippen LogP contribution in [0.1, 0.15) is 39.2 Å². The third kappa shape index (κ3) is 7.05. The van der Waals surface area contributed by atoms with Gasteiger partial charge in [-0.25, -0.2) is 4.79 Å². The second-order valence-corrected chi connectivity index (χ2v) is 9.44. The normalized spacial score (nSPS) is 21.6. The average molecular weight is 468 g/mol. The zero-order valence-corrected chi connectivity index (χ0v) is 19.3.